The van der Waals surface area contributed by atoms with E-state index in [1.807, 2.05) is 0 Å². The zero-order chi connectivity index (χ0) is 25.2. The first kappa shape index (κ1) is 25.2. The third kappa shape index (κ3) is 4.92. The maximum atomic E-state index is 12.9. The van der Waals surface area contributed by atoms with E-state index in [0.29, 0.717) is 11.3 Å². The summed E-state index contributed by atoms with van der Waals surface area (Å²) in [5.74, 6) is -2.50. The number of amides is 2. The third-order valence-electron chi connectivity index (χ3n) is 4.80. The highest BCUT2D eigenvalue weighted by Gasteiger charge is 2.54. The maximum absolute atomic E-state index is 12.9. The summed E-state index contributed by atoms with van der Waals surface area (Å²) in [6.07, 6.45) is 1.43. The van der Waals surface area contributed by atoms with Crippen molar-refractivity contribution in [1.82, 2.24) is 15.2 Å². The van der Waals surface area contributed by atoms with Crippen molar-refractivity contribution >= 4 is 57.7 Å². The molecule has 1 saturated heterocycles. The number of carbonyl (C=O) groups is 4. The average molecular weight is 510 g/mol. The van der Waals surface area contributed by atoms with Gasteiger partial charge in [-0.05, 0) is 26.3 Å². The number of anilines is 1. The van der Waals surface area contributed by atoms with Crippen LogP contribution in [0.25, 0.3) is 0 Å². The van der Waals surface area contributed by atoms with Crippen LogP contribution in [0.1, 0.15) is 26.5 Å². The second-order valence-corrected chi connectivity index (χ2v) is 10.2. The lowest BCUT2D eigenvalue weighted by Crippen LogP contribution is -2.71. The SMILES string of the molecule is C=CC1=C(C(=O)OCOC(=O)C(C)(C)C)N2C(=O)C(NC(=O)C(=NO)c3csc(N)n3)[C@H]2SC1. The number of aromatic nitrogens is 1. The highest BCUT2D eigenvalue weighted by Crippen LogP contribution is 2.41. The fourth-order valence-corrected chi connectivity index (χ4v) is 4.92. The molecule has 1 unspecified atom stereocenters. The number of thioether (sulfide) groups is 1. The Balaban J connectivity index is 1.69. The Kier molecular flexibility index (Phi) is 7.31. The van der Waals surface area contributed by atoms with Crippen LogP contribution in [0, 0.1) is 5.41 Å². The Bertz CT molecular complexity index is 1110. The Morgan fingerprint density at radius 2 is 2.12 bits per heavy atom. The number of nitrogen functional groups attached to an aromatic ring is 1. The molecule has 0 aromatic carbocycles. The van der Waals surface area contributed by atoms with E-state index in [0.717, 1.165) is 11.3 Å². The summed E-state index contributed by atoms with van der Waals surface area (Å²) in [5, 5.41) is 15.7. The summed E-state index contributed by atoms with van der Waals surface area (Å²) < 4.78 is 10.0. The second-order valence-electron chi connectivity index (χ2n) is 8.19. The molecule has 0 radical (unpaired) electrons. The van der Waals surface area contributed by atoms with Crippen molar-refractivity contribution in [3.05, 3.63) is 35.0 Å². The van der Waals surface area contributed by atoms with E-state index in [-0.39, 0.29) is 16.5 Å². The van der Waals surface area contributed by atoms with Crippen molar-refractivity contribution in [1.29, 1.82) is 0 Å². The van der Waals surface area contributed by atoms with Crippen LogP contribution in [0.3, 0.4) is 0 Å². The van der Waals surface area contributed by atoms with Crippen LogP contribution in [-0.2, 0) is 28.7 Å². The molecule has 0 saturated carbocycles. The summed E-state index contributed by atoms with van der Waals surface area (Å²) in [4.78, 5) is 55.2. The molecule has 0 bridgehead atoms. The van der Waals surface area contributed by atoms with Gasteiger partial charge in [0.2, 0.25) is 6.79 Å². The number of hydrogen-bond donors (Lipinski definition) is 3. The number of hydrogen-bond acceptors (Lipinski definition) is 12. The van der Waals surface area contributed by atoms with Gasteiger partial charge in [0, 0.05) is 11.1 Å². The molecule has 4 N–H and O–H groups in total. The standard InChI is InChI=1S/C20H23N5O7S2/c1-5-9-6-33-16-12(23-14(26)11(24-30)10-7-34-19(21)22-10)15(27)25(16)13(9)17(28)31-8-32-18(29)20(2,3)4/h5,7,12,16,30H,1,6,8H2,2-4H3,(H2,21,22)(H,23,26)/t12?,16-/m1/s1. The largest absolute Gasteiger partial charge is 0.427 e. The predicted molar refractivity (Wildman–Crippen MR) is 124 cm³/mol. The molecule has 2 atom stereocenters. The monoisotopic (exact) mass is 509 g/mol. The van der Waals surface area contributed by atoms with Crippen LogP contribution in [0.4, 0.5) is 5.13 Å². The van der Waals surface area contributed by atoms with Gasteiger partial charge in [-0.1, -0.05) is 17.8 Å². The molecule has 0 spiro atoms. The van der Waals surface area contributed by atoms with Crippen molar-refractivity contribution in [3.63, 3.8) is 0 Å². The molecule has 2 aliphatic heterocycles. The highest BCUT2D eigenvalue weighted by molar-refractivity contribution is 8.00. The number of carbonyl (C=O) groups excluding carboxylic acids is 4. The fraction of sp³-hybridized carbons (Fsp3) is 0.400. The third-order valence-corrected chi connectivity index (χ3v) is 6.77. The maximum Gasteiger partial charge on any atom is 0.358 e. The number of ether oxygens (including phenoxy) is 2. The minimum absolute atomic E-state index is 0.0376. The summed E-state index contributed by atoms with van der Waals surface area (Å²) in [6, 6.07) is -0.988. The van der Waals surface area contributed by atoms with Gasteiger partial charge in [0.15, 0.2) is 10.8 Å². The summed E-state index contributed by atoms with van der Waals surface area (Å²) >= 11 is 2.36. The number of rotatable bonds is 7. The van der Waals surface area contributed by atoms with Gasteiger partial charge in [0.1, 0.15) is 22.8 Å². The van der Waals surface area contributed by atoms with Crippen molar-refractivity contribution < 1.29 is 33.9 Å². The van der Waals surface area contributed by atoms with Crippen LogP contribution < -0.4 is 11.1 Å². The Morgan fingerprint density at radius 1 is 1.41 bits per heavy atom. The van der Waals surface area contributed by atoms with E-state index in [9.17, 15) is 24.4 Å². The lowest BCUT2D eigenvalue weighted by Gasteiger charge is -2.49. The zero-order valence-corrected chi connectivity index (χ0v) is 20.2. The van der Waals surface area contributed by atoms with E-state index in [1.165, 1.54) is 28.1 Å². The van der Waals surface area contributed by atoms with Gasteiger partial charge in [-0.25, -0.2) is 9.78 Å². The topological polar surface area (TPSA) is 174 Å². The predicted octanol–water partition coefficient (Wildman–Crippen LogP) is 0.834. The number of allylic oxidation sites excluding steroid dienone is 1. The van der Waals surface area contributed by atoms with Crippen LogP contribution >= 0.6 is 23.1 Å². The minimum atomic E-state index is -0.988. The van der Waals surface area contributed by atoms with Crippen LogP contribution in [0.2, 0.25) is 0 Å². The van der Waals surface area contributed by atoms with Crippen molar-refractivity contribution in [3.8, 4) is 0 Å². The number of nitrogens with two attached hydrogens (primary N) is 1. The molecule has 0 aliphatic carbocycles. The number of fused-ring (bicyclic) bond motifs is 1. The molecule has 3 rings (SSSR count). The van der Waals surface area contributed by atoms with Crippen molar-refractivity contribution in [2.75, 3.05) is 18.3 Å². The quantitative estimate of drug-likeness (QED) is 0.119. The van der Waals surface area contributed by atoms with Gasteiger partial charge in [0.25, 0.3) is 11.8 Å². The molecule has 1 aromatic rings. The van der Waals surface area contributed by atoms with E-state index in [1.54, 1.807) is 20.8 Å². The molecule has 3 heterocycles. The van der Waals surface area contributed by atoms with Crippen LogP contribution in [0.5, 0.6) is 0 Å². The smallest absolute Gasteiger partial charge is 0.358 e. The number of oxime groups is 1. The number of thiazole rings is 1. The van der Waals surface area contributed by atoms with Crippen LogP contribution in [0.15, 0.2) is 34.5 Å². The highest BCUT2D eigenvalue weighted by atomic mass is 32.2. The first-order valence-corrected chi connectivity index (χ1v) is 11.8. The van der Waals surface area contributed by atoms with Crippen molar-refractivity contribution in [2.45, 2.75) is 32.2 Å². The van der Waals surface area contributed by atoms with E-state index < -0.39 is 53.1 Å². The molecular weight excluding hydrogens is 486 g/mol. The summed E-state index contributed by atoms with van der Waals surface area (Å²) in [5.41, 5.74) is 4.86. The number of β-lactam (4-membered cyclic amide) rings is 1. The molecule has 2 amide bonds. The lowest BCUT2D eigenvalue weighted by molar-refractivity contribution is -0.173. The molecule has 2 aliphatic rings. The number of nitrogens with one attached hydrogen (secondary N) is 1. The van der Waals surface area contributed by atoms with E-state index >= 15 is 0 Å². The minimum Gasteiger partial charge on any atom is -0.427 e. The van der Waals surface area contributed by atoms with Crippen molar-refractivity contribution in [2.24, 2.45) is 10.6 Å². The van der Waals surface area contributed by atoms with Crippen LogP contribution in [-0.4, -0.2) is 68.5 Å². The molecule has 1 aromatic heterocycles. The summed E-state index contributed by atoms with van der Waals surface area (Å²) in [7, 11) is 0. The Hall–Kier alpha value is -3.39. The molecule has 34 heavy (non-hydrogen) atoms. The molecule has 12 nitrogen and oxygen atoms in total. The van der Waals surface area contributed by atoms with E-state index in [4.69, 9.17) is 15.2 Å². The molecular formula is C20H23N5O7S2. The second kappa shape index (κ2) is 9.85. The normalized spacial score (nSPS) is 20.3. The first-order chi connectivity index (χ1) is 16.0. The summed E-state index contributed by atoms with van der Waals surface area (Å²) in [6.45, 7) is 8.02. The molecule has 182 valence electrons. The zero-order valence-electron chi connectivity index (χ0n) is 18.6. The number of esters is 2. The lowest BCUT2D eigenvalue weighted by atomic mass is 9.98. The fourth-order valence-electron chi connectivity index (χ4n) is 3.03. The van der Waals surface area contributed by atoms with Gasteiger partial charge >= 0.3 is 11.9 Å². The Labute approximate surface area is 202 Å². The first-order valence-electron chi connectivity index (χ1n) is 9.88. The van der Waals surface area contributed by atoms with Gasteiger partial charge in [-0.2, -0.15) is 0 Å². The Morgan fingerprint density at radius 3 is 2.68 bits per heavy atom. The molecule has 1 fully saturated rings. The van der Waals surface area contributed by atoms with Gasteiger partial charge in [-0.15, -0.1) is 23.1 Å². The molecule has 14 heteroatoms. The average Bonchev–Trinajstić information content (AvgIpc) is 3.21. The van der Waals surface area contributed by atoms with Gasteiger partial charge in [0.05, 0.1) is 5.41 Å². The van der Waals surface area contributed by atoms with Gasteiger partial charge in [-0.3, -0.25) is 19.3 Å². The van der Waals surface area contributed by atoms with E-state index in [2.05, 4.69) is 22.0 Å². The van der Waals surface area contributed by atoms with Gasteiger partial charge < -0.3 is 25.7 Å². The number of nitrogens with zero attached hydrogens (tertiary/aromatic N) is 3.